The summed E-state index contributed by atoms with van der Waals surface area (Å²) in [7, 11) is 0. The van der Waals surface area contributed by atoms with Gasteiger partial charge in [-0.2, -0.15) is 13.2 Å². The quantitative estimate of drug-likeness (QED) is 0.802. The number of aromatic nitrogens is 1. The first-order chi connectivity index (χ1) is 11.5. The Morgan fingerprint density at radius 2 is 2.08 bits per heavy atom. The highest BCUT2D eigenvalue weighted by molar-refractivity contribution is 7.13. The van der Waals surface area contributed by atoms with Gasteiger partial charge in [-0.05, 0) is 32.1 Å². The van der Waals surface area contributed by atoms with E-state index in [4.69, 9.17) is 9.47 Å². The van der Waals surface area contributed by atoms with Gasteiger partial charge in [-0.25, -0.2) is 4.98 Å². The molecule has 1 fully saturated rings. The maximum Gasteiger partial charge on any atom is 0.422 e. The van der Waals surface area contributed by atoms with Gasteiger partial charge in [0.25, 0.3) is 5.19 Å². The standard InChI is InChI=1S/C16H23F3N2O2S/c17-16(18,19)11-23-15-20-13-5-8-21(9-6-14(13)24-15)7-4-12-3-1-2-10-22-12/h12H,1-11H2. The molecule has 1 saturated heterocycles. The van der Waals surface area contributed by atoms with Crippen LogP contribution in [0.2, 0.25) is 0 Å². The topological polar surface area (TPSA) is 34.6 Å². The first kappa shape index (κ1) is 17.9. The molecule has 2 aliphatic rings. The van der Waals surface area contributed by atoms with Gasteiger partial charge in [-0.15, -0.1) is 0 Å². The van der Waals surface area contributed by atoms with Crippen molar-refractivity contribution in [3.8, 4) is 5.19 Å². The monoisotopic (exact) mass is 364 g/mol. The summed E-state index contributed by atoms with van der Waals surface area (Å²) in [5.41, 5.74) is 0.897. The van der Waals surface area contributed by atoms with Crippen molar-refractivity contribution in [2.45, 2.75) is 50.8 Å². The summed E-state index contributed by atoms with van der Waals surface area (Å²) in [5, 5.41) is 0.140. The first-order valence-electron chi connectivity index (χ1n) is 8.52. The van der Waals surface area contributed by atoms with Crippen molar-refractivity contribution in [2.24, 2.45) is 0 Å². The minimum Gasteiger partial charge on any atom is -0.460 e. The molecule has 3 heterocycles. The smallest absolute Gasteiger partial charge is 0.422 e. The molecule has 136 valence electrons. The second-order valence-electron chi connectivity index (χ2n) is 6.37. The highest BCUT2D eigenvalue weighted by Crippen LogP contribution is 2.29. The van der Waals surface area contributed by atoms with Gasteiger partial charge >= 0.3 is 6.18 Å². The Kier molecular flexibility index (Phi) is 5.99. The molecule has 0 aliphatic carbocycles. The maximum atomic E-state index is 12.2. The third-order valence-corrected chi connectivity index (χ3v) is 5.55. The number of hydrogen-bond acceptors (Lipinski definition) is 5. The molecule has 24 heavy (non-hydrogen) atoms. The van der Waals surface area contributed by atoms with Crippen LogP contribution in [0.3, 0.4) is 0 Å². The Balaban J connectivity index is 1.46. The van der Waals surface area contributed by atoms with E-state index in [1.54, 1.807) is 0 Å². The van der Waals surface area contributed by atoms with Crippen LogP contribution >= 0.6 is 11.3 Å². The van der Waals surface area contributed by atoms with Crippen molar-refractivity contribution in [3.05, 3.63) is 10.6 Å². The molecule has 1 aromatic heterocycles. The van der Waals surface area contributed by atoms with E-state index in [0.717, 1.165) is 62.5 Å². The van der Waals surface area contributed by atoms with Crippen LogP contribution in [-0.2, 0) is 17.6 Å². The molecule has 3 rings (SSSR count). The summed E-state index contributed by atoms with van der Waals surface area (Å²) in [5.74, 6) is 0. The van der Waals surface area contributed by atoms with Crippen LogP contribution in [0.25, 0.3) is 0 Å². The first-order valence-corrected chi connectivity index (χ1v) is 9.33. The van der Waals surface area contributed by atoms with E-state index in [2.05, 4.69) is 9.88 Å². The summed E-state index contributed by atoms with van der Waals surface area (Å²) < 4.78 is 47.2. The number of fused-ring (bicyclic) bond motifs is 1. The highest BCUT2D eigenvalue weighted by Gasteiger charge is 2.29. The highest BCUT2D eigenvalue weighted by atomic mass is 32.1. The molecule has 1 unspecified atom stereocenters. The predicted octanol–water partition coefficient (Wildman–Crippen LogP) is 3.44. The molecule has 0 N–H and O–H groups in total. The average molecular weight is 364 g/mol. The zero-order valence-electron chi connectivity index (χ0n) is 13.6. The van der Waals surface area contributed by atoms with Crippen LogP contribution in [0.4, 0.5) is 13.2 Å². The summed E-state index contributed by atoms with van der Waals surface area (Å²) in [4.78, 5) is 7.71. The Morgan fingerprint density at radius 3 is 2.83 bits per heavy atom. The van der Waals surface area contributed by atoms with Crippen LogP contribution in [0, 0.1) is 0 Å². The lowest BCUT2D eigenvalue weighted by Gasteiger charge is -2.26. The van der Waals surface area contributed by atoms with E-state index in [9.17, 15) is 13.2 Å². The lowest BCUT2D eigenvalue weighted by atomic mass is 10.1. The molecule has 2 aliphatic heterocycles. The van der Waals surface area contributed by atoms with Crippen molar-refractivity contribution in [1.82, 2.24) is 9.88 Å². The van der Waals surface area contributed by atoms with E-state index in [-0.39, 0.29) is 5.19 Å². The molecule has 1 atom stereocenters. The Morgan fingerprint density at radius 1 is 1.25 bits per heavy atom. The molecule has 0 amide bonds. The lowest BCUT2D eigenvalue weighted by Crippen LogP contribution is -2.31. The van der Waals surface area contributed by atoms with Gasteiger partial charge in [-0.1, -0.05) is 11.3 Å². The normalized spacial score (nSPS) is 22.9. The summed E-state index contributed by atoms with van der Waals surface area (Å²) in [6.45, 7) is 2.43. The predicted molar refractivity (Wildman–Crippen MR) is 85.7 cm³/mol. The van der Waals surface area contributed by atoms with E-state index in [0.29, 0.717) is 6.10 Å². The fourth-order valence-corrected chi connectivity index (χ4v) is 4.12. The zero-order valence-corrected chi connectivity index (χ0v) is 14.4. The molecule has 0 saturated carbocycles. The van der Waals surface area contributed by atoms with E-state index >= 15 is 0 Å². The molecular formula is C16H23F3N2O2S. The van der Waals surface area contributed by atoms with Crippen LogP contribution < -0.4 is 4.74 Å². The molecule has 0 bridgehead atoms. The molecule has 1 aromatic rings. The summed E-state index contributed by atoms with van der Waals surface area (Å²) in [6, 6.07) is 0. The minimum atomic E-state index is -4.32. The molecule has 4 nitrogen and oxygen atoms in total. The third kappa shape index (κ3) is 5.32. The largest absolute Gasteiger partial charge is 0.460 e. The Labute approximate surface area is 144 Å². The van der Waals surface area contributed by atoms with Crippen LogP contribution in [-0.4, -0.2) is 55.0 Å². The van der Waals surface area contributed by atoms with Gasteiger partial charge in [0.1, 0.15) is 0 Å². The second kappa shape index (κ2) is 8.01. The SMILES string of the molecule is FC(F)(F)COc1nc2c(s1)CCN(CCC1CCCCO1)CC2. The number of hydrogen-bond donors (Lipinski definition) is 0. The van der Waals surface area contributed by atoms with Crippen molar-refractivity contribution in [2.75, 3.05) is 32.8 Å². The van der Waals surface area contributed by atoms with Gasteiger partial charge in [0.15, 0.2) is 6.61 Å². The third-order valence-electron chi connectivity index (χ3n) is 4.48. The van der Waals surface area contributed by atoms with Crippen LogP contribution in [0.1, 0.15) is 36.3 Å². The molecule has 0 aromatic carbocycles. The second-order valence-corrected chi connectivity index (χ2v) is 7.42. The maximum absolute atomic E-state index is 12.2. The Bertz CT molecular complexity index is 504. The summed E-state index contributed by atoms with van der Waals surface area (Å²) >= 11 is 1.25. The lowest BCUT2D eigenvalue weighted by molar-refractivity contribution is -0.153. The summed E-state index contributed by atoms with van der Waals surface area (Å²) in [6.07, 6.45) is 2.31. The van der Waals surface area contributed by atoms with Gasteiger partial charge in [0.2, 0.25) is 0 Å². The fraction of sp³-hybridized carbons (Fsp3) is 0.812. The van der Waals surface area contributed by atoms with E-state index in [1.165, 1.54) is 24.2 Å². The fourth-order valence-electron chi connectivity index (χ4n) is 3.18. The molecule has 0 radical (unpaired) electrons. The molecule has 8 heteroatoms. The molecular weight excluding hydrogens is 341 g/mol. The Hall–Kier alpha value is -0.860. The van der Waals surface area contributed by atoms with Crippen LogP contribution in [0.15, 0.2) is 0 Å². The number of thiazole rings is 1. The van der Waals surface area contributed by atoms with Crippen molar-refractivity contribution in [1.29, 1.82) is 0 Å². The van der Waals surface area contributed by atoms with Crippen molar-refractivity contribution in [3.63, 3.8) is 0 Å². The number of ether oxygens (including phenoxy) is 2. The van der Waals surface area contributed by atoms with Crippen molar-refractivity contribution >= 4 is 11.3 Å². The van der Waals surface area contributed by atoms with Gasteiger partial charge in [-0.3, -0.25) is 0 Å². The zero-order chi connectivity index (χ0) is 17.0. The van der Waals surface area contributed by atoms with Gasteiger partial charge in [0.05, 0.1) is 11.8 Å². The minimum absolute atomic E-state index is 0.140. The van der Waals surface area contributed by atoms with Crippen molar-refractivity contribution < 1.29 is 22.6 Å². The number of alkyl halides is 3. The number of nitrogens with zero attached hydrogens (tertiary/aromatic N) is 2. The van der Waals surface area contributed by atoms with Gasteiger partial charge in [0, 0.05) is 37.5 Å². The van der Waals surface area contributed by atoms with E-state index in [1.807, 2.05) is 0 Å². The van der Waals surface area contributed by atoms with Gasteiger partial charge < -0.3 is 14.4 Å². The number of rotatable bonds is 5. The van der Waals surface area contributed by atoms with Crippen LogP contribution in [0.5, 0.6) is 5.19 Å². The van der Waals surface area contributed by atoms with E-state index < -0.39 is 12.8 Å². The average Bonchev–Trinajstić information content (AvgIpc) is 2.85. The molecule has 0 spiro atoms. The number of halogens is 3.